The Balaban J connectivity index is 2.33. The van der Waals surface area contributed by atoms with Crippen LogP contribution in [0.5, 0.6) is 0 Å². The van der Waals surface area contributed by atoms with E-state index in [1.807, 2.05) is 0 Å². The molecule has 0 amide bonds. The van der Waals surface area contributed by atoms with E-state index in [1.165, 1.54) is 0 Å². The lowest BCUT2D eigenvalue weighted by molar-refractivity contribution is 0.664. The Labute approximate surface area is 52.1 Å². The van der Waals surface area contributed by atoms with Gasteiger partial charge in [0.05, 0.1) is 5.38 Å². The van der Waals surface area contributed by atoms with E-state index in [1.54, 1.807) is 0 Å². The highest BCUT2D eigenvalue weighted by Gasteiger charge is 2.20. The molecule has 1 fully saturated rings. The molecule has 1 aliphatic heterocycles. The van der Waals surface area contributed by atoms with E-state index in [-0.39, 0.29) is 10.9 Å². The molecular weight excluding hydrogens is 135 g/mol. The fourth-order valence-electron chi connectivity index (χ4n) is 0.448. The molecule has 4 heteroatoms. The first kappa shape index (κ1) is 5.63. The third-order valence-corrected chi connectivity index (χ3v) is 1.80. The Morgan fingerprint density at radius 1 is 1.43 bits per heavy atom. The highest BCUT2D eigenvalue weighted by molar-refractivity contribution is 6.30. The lowest BCUT2D eigenvalue weighted by atomic mass is 10.5. The third kappa shape index (κ3) is 1.19. The molecule has 1 saturated heterocycles. The molecular formula is C3H6Cl2N2. The molecule has 1 aliphatic rings. The SMILES string of the molecule is ClC1CNNC1Cl. The smallest absolute Gasteiger partial charge is 0.113 e. The predicted octanol–water partition coefficient (Wildman–Crippen LogP) is 0.266. The van der Waals surface area contributed by atoms with Crippen LogP contribution in [0.1, 0.15) is 0 Å². The van der Waals surface area contributed by atoms with Crippen molar-refractivity contribution >= 4 is 23.2 Å². The van der Waals surface area contributed by atoms with Gasteiger partial charge in [-0.05, 0) is 0 Å². The summed E-state index contributed by atoms with van der Waals surface area (Å²) in [4.78, 5) is 0. The van der Waals surface area contributed by atoms with Crippen molar-refractivity contribution in [3.8, 4) is 0 Å². The largest absolute Gasteiger partial charge is 0.255 e. The van der Waals surface area contributed by atoms with Gasteiger partial charge in [0.1, 0.15) is 5.50 Å². The molecule has 2 nitrogen and oxygen atoms in total. The van der Waals surface area contributed by atoms with E-state index in [9.17, 15) is 0 Å². The van der Waals surface area contributed by atoms with E-state index in [2.05, 4.69) is 10.9 Å². The number of nitrogens with one attached hydrogen (secondary N) is 2. The summed E-state index contributed by atoms with van der Waals surface area (Å²) in [5.74, 6) is 0. The first-order valence-corrected chi connectivity index (χ1v) is 2.94. The van der Waals surface area contributed by atoms with Gasteiger partial charge in [-0.15, -0.1) is 23.2 Å². The van der Waals surface area contributed by atoms with E-state index < -0.39 is 0 Å². The van der Waals surface area contributed by atoms with Crippen LogP contribution in [-0.2, 0) is 0 Å². The lowest BCUT2D eigenvalue weighted by Crippen LogP contribution is -2.26. The van der Waals surface area contributed by atoms with Gasteiger partial charge < -0.3 is 0 Å². The predicted molar refractivity (Wildman–Crippen MR) is 30.4 cm³/mol. The van der Waals surface area contributed by atoms with Crippen molar-refractivity contribution in [3.05, 3.63) is 0 Å². The summed E-state index contributed by atoms with van der Waals surface area (Å²) in [6.07, 6.45) is 0. The molecule has 0 aromatic rings. The van der Waals surface area contributed by atoms with Gasteiger partial charge >= 0.3 is 0 Å². The average molecular weight is 141 g/mol. The molecule has 2 N–H and O–H groups in total. The Morgan fingerprint density at radius 2 is 2.14 bits per heavy atom. The number of halogens is 2. The van der Waals surface area contributed by atoms with Crippen LogP contribution >= 0.6 is 23.2 Å². The maximum atomic E-state index is 5.61. The van der Waals surface area contributed by atoms with Crippen molar-refractivity contribution in [1.82, 2.24) is 10.9 Å². The van der Waals surface area contributed by atoms with E-state index in [0.717, 1.165) is 6.54 Å². The van der Waals surface area contributed by atoms with Crippen LogP contribution in [0.15, 0.2) is 0 Å². The van der Waals surface area contributed by atoms with Gasteiger partial charge in [0.25, 0.3) is 0 Å². The Hall–Kier alpha value is 0.500. The van der Waals surface area contributed by atoms with E-state index in [0.29, 0.717) is 0 Å². The molecule has 0 radical (unpaired) electrons. The van der Waals surface area contributed by atoms with Crippen LogP contribution in [0, 0.1) is 0 Å². The summed E-state index contributed by atoms with van der Waals surface area (Å²) in [6.45, 7) is 0.746. The lowest BCUT2D eigenvalue weighted by Gasteiger charge is -1.98. The molecule has 0 aromatic heterocycles. The summed E-state index contributed by atoms with van der Waals surface area (Å²) < 4.78 is 0. The quantitative estimate of drug-likeness (QED) is 0.373. The summed E-state index contributed by atoms with van der Waals surface area (Å²) in [5, 5.41) is 0.0293. The molecule has 1 heterocycles. The van der Waals surface area contributed by atoms with Crippen molar-refractivity contribution in [2.75, 3.05) is 6.54 Å². The second-order valence-electron chi connectivity index (χ2n) is 1.44. The van der Waals surface area contributed by atoms with Crippen LogP contribution in [0.25, 0.3) is 0 Å². The maximum Gasteiger partial charge on any atom is 0.113 e. The molecule has 0 aromatic carbocycles. The van der Waals surface area contributed by atoms with Gasteiger partial charge in [0, 0.05) is 6.54 Å². The monoisotopic (exact) mass is 140 g/mol. The summed E-state index contributed by atoms with van der Waals surface area (Å²) >= 11 is 11.2. The van der Waals surface area contributed by atoms with Gasteiger partial charge in [-0.25, -0.2) is 5.43 Å². The fourth-order valence-corrected chi connectivity index (χ4v) is 0.754. The topological polar surface area (TPSA) is 24.1 Å². The number of hydrogen-bond donors (Lipinski definition) is 2. The summed E-state index contributed by atoms with van der Waals surface area (Å²) in [6, 6.07) is 0. The minimum absolute atomic E-state index is 0.0293. The molecule has 0 bridgehead atoms. The highest BCUT2D eigenvalue weighted by Crippen LogP contribution is 2.08. The molecule has 1 rings (SSSR count). The van der Waals surface area contributed by atoms with Crippen LogP contribution in [0.2, 0.25) is 0 Å². The summed E-state index contributed by atoms with van der Waals surface area (Å²) in [7, 11) is 0. The molecule has 42 valence electrons. The first-order valence-electron chi connectivity index (χ1n) is 2.07. The minimum atomic E-state index is -0.110. The van der Waals surface area contributed by atoms with Crippen LogP contribution < -0.4 is 10.9 Å². The Kier molecular flexibility index (Phi) is 1.75. The highest BCUT2D eigenvalue weighted by atomic mass is 35.5. The standard InChI is InChI=1S/C3H6Cl2N2/c4-2-1-6-7-3(2)5/h2-3,6-7H,1H2. The van der Waals surface area contributed by atoms with Gasteiger partial charge in [-0.1, -0.05) is 0 Å². The Bertz CT molecular complexity index is 60.0. The molecule has 0 aliphatic carbocycles. The van der Waals surface area contributed by atoms with Crippen molar-refractivity contribution in [3.63, 3.8) is 0 Å². The molecule has 0 spiro atoms. The van der Waals surface area contributed by atoms with Gasteiger partial charge in [0.2, 0.25) is 0 Å². The maximum absolute atomic E-state index is 5.61. The van der Waals surface area contributed by atoms with Crippen LogP contribution in [-0.4, -0.2) is 17.4 Å². The van der Waals surface area contributed by atoms with Crippen molar-refractivity contribution < 1.29 is 0 Å². The van der Waals surface area contributed by atoms with Gasteiger partial charge in [-0.2, -0.15) is 0 Å². The fraction of sp³-hybridized carbons (Fsp3) is 1.00. The molecule has 2 atom stereocenters. The third-order valence-electron chi connectivity index (χ3n) is 0.855. The van der Waals surface area contributed by atoms with Crippen molar-refractivity contribution in [2.45, 2.75) is 10.9 Å². The zero-order valence-electron chi connectivity index (χ0n) is 3.62. The second kappa shape index (κ2) is 2.18. The van der Waals surface area contributed by atoms with E-state index in [4.69, 9.17) is 23.2 Å². The van der Waals surface area contributed by atoms with Gasteiger partial charge in [-0.3, -0.25) is 5.43 Å². The summed E-state index contributed by atoms with van der Waals surface area (Å²) in [5.41, 5.74) is 5.45. The number of rotatable bonds is 0. The number of hydrazine groups is 1. The van der Waals surface area contributed by atoms with Crippen molar-refractivity contribution in [2.24, 2.45) is 0 Å². The second-order valence-corrected chi connectivity index (χ2v) is 2.47. The number of hydrogen-bond acceptors (Lipinski definition) is 2. The first-order chi connectivity index (χ1) is 3.30. The van der Waals surface area contributed by atoms with Crippen molar-refractivity contribution in [1.29, 1.82) is 0 Å². The molecule has 2 unspecified atom stereocenters. The van der Waals surface area contributed by atoms with Gasteiger partial charge in [0.15, 0.2) is 0 Å². The zero-order valence-corrected chi connectivity index (χ0v) is 5.13. The molecule has 0 saturated carbocycles. The van der Waals surface area contributed by atoms with Crippen LogP contribution in [0.3, 0.4) is 0 Å². The Morgan fingerprint density at radius 3 is 2.29 bits per heavy atom. The average Bonchev–Trinajstić information content (AvgIpc) is 1.91. The normalized spacial score (nSPS) is 42.0. The van der Waals surface area contributed by atoms with Crippen LogP contribution in [0.4, 0.5) is 0 Å². The zero-order chi connectivity index (χ0) is 5.28. The van der Waals surface area contributed by atoms with E-state index >= 15 is 0 Å². The minimum Gasteiger partial charge on any atom is -0.255 e. The molecule has 7 heavy (non-hydrogen) atoms. The number of alkyl halides is 2.